The van der Waals surface area contributed by atoms with E-state index in [4.69, 9.17) is 14.2 Å². The van der Waals surface area contributed by atoms with Gasteiger partial charge in [-0.15, -0.1) is 0 Å². The number of hydrogen-bond acceptors (Lipinski definition) is 8. The first-order valence-electron chi connectivity index (χ1n) is 10.5. The maximum Gasteiger partial charge on any atom is 0.343 e. The number of phenolic OH excluding ortho intramolecular Hbond substituents is 2. The second kappa shape index (κ2) is 11.4. The molecule has 176 valence electrons. The van der Waals surface area contributed by atoms with Gasteiger partial charge in [-0.1, -0.05) is 0 Å². The van der Waals surface area contributed by atoms with Gasteiger partial charge >= 0.3 is 5.97 Å². The van der Waals surface area contributed by atoms with E-state index in [1.807, 2.05) is 6.92 Å². The Labute approximate surface area is 196 Å². The van der Waals surface area contributed by atoms with Crippen LogP contribution in [0.15, 0.2) is 65.8 Å². The van der Waals surface area contributed by atoms with Crippen LogP contribution in [0.2, 0.25) is 0 Å². The Bertz CT molecular complexity index is 1190. The van der Waals surface area contributed by atoms with Gasteiger partial charge in [0.1, 0.15) is 17.2 Å². The first-order valence-corrected chi connectivity index (χ1v) is 10.5. The molecule has 34 heavy (non-hydrogen) atoms. The summed E-state index contributed by atoms with van der Waals surface area (Å²) in [7, 11) is 0. The summed E-state index contributed by atoms with van der Waals surface area (Å²) in [5, 5.41) is 22.9. The van der Waals surface area contributed by atoms with E-state index in [9.17, 15) is 19.8 Å². The summed E-state index contributed by atoms with van der Waals surface area (Å²) in [6.07, 6.45) is 1.37. The lowest BCUT2D eigenvalue weighted by Crippen LogP contribution is -2.17. The molecule has 0 aliphatic carbocycles. The van der Waals surface area contributed by atoms with Gasteiger partial charge in [-0.3, -0.25) is 4.79 Å². The van der Waals surface area contributed by atoms with Crippen LogP contribution >= 0.6 is 0 Å². The van der Waals surface area contributed by atoms with Gasteiger partial charge in [-0.05, 0) is 74.0 Å². The summed E-state index contributed by atoms with van der Waals surface area (Å²) in [6, 6.07) is 15.0. The van der Waals surface area contributed by atoms with E-state index in [1.54, 1.807) is 49.4 Å². The molecule has 0 spiro atoms. The van der Waals surface area contributed by atoms with Gasteiger partial charge in [0, 0.05) is 6.07 Å². The monoisotopic (exact) mass is 464 g/mol. The number of hydrazone groups is 1. The maximum atomic E-state index is 12.5. The Morgan fingerprint density at radius 3 is 2.32 bits per heavy atom. The first-order chi connectivity index (χ1) is 16.4. The fraction of sp³-hybridized carbons (Fsp3) is 0.160. The van der Waals surface area contributed by atoms with Crippen molar-refractivity contribution in [1.29, 1.82) is 0 Å². The predicted octanol–water partition coefficient (Wildman–Crippen LogP) is 3.88. The predicted molar refractivity (Wildman–Crippen MR) is 125 cm³/mol. The van der Waals surface area contributed by atoms with Crippen molar-refractivity contribution >= 4 is 18.1 Å². The van der Waals surface area contributed by atoms with Crippen LogP contribution in [0, 0.1) is 0 Å². The van der Waals surface area contributed by atoms with Crippen LogP contribution in [-0.2, 0) is 0 Å². The number of aromatic hydroxyl groups is 2. The SMILES string of the molecule is CCOc1ccc(C(=O)Oc2ccc(/C=N\NC(=O)c3ccc(O)cc3O)cc2OCC)cc1. The largest absolute Gasteiger partial charge is 0.508 e. The molecule has 9 heteroatoms. The van der Waals surface area contributed by atoms with E-state index in [-0.39, 0.29) is 22.8 Å². The van der Waals surface area contributed by atoms with E-state index in [0.29, 0.717) is 35.8 Å². The van der Waals surface area contributed by atoms with Gasteiger partial charge in [-0.25, -0.2) is 10.2 Å². The summed E-state index contributed by atoms with van der Waals surface area (Å²) in [4.78, 5) is 24.7. The molecule has 3 aromatic rings. The van der Waals surface area contributed by atoms with Crippen LogP contribution in [0.5, 0.6) is 28.7 Å². The zero-order valence-electron chi connectivity index (χ0n) is 18.6. The van der Waals surface area contributed by atoms with Crippen molar-refractivity contribution < 1.29 is 34.0 Å². The molecule has 0 aliphatic heterocycles. The van der Waals surface area contributed by atoms with Crippen molar-refractivity contribution in [2.45, 2.75) is 13.8 Å². The Morgan fingerprint density at radius 1 is 0.912 bits per heavy atom. The molecule has 1 amide bonds. The molecule has 0 fully saturated rings. The van der Waals surface area contributed by atoms with E-state index in [2.05, 4.69) is 10.5 Å². The number of carbonyl (C=O) groups excluding carboxylic acids is 2. The van der Waals surface area contributed by atoms with Gasteiger partial charge in [-0.2, -0.15) is 5.10 Å². The topological polar surface area (TPSA) is 127 Å². The lowest BCUT2D eigenvalue weighted by molar-refractivity contribution is 0.0728. The van der Waals surface area contributed by atoms with Crippen molar-refractivity contribution in [3.05, 3.63) is 77.4 Å². The van der Waals surface area contributed by atoms with Crippen LogP contribution in [0.25, 0.3) is 0 Å². The molecule has 0 aliphatic rings. The molecule has 9 nitrogen and oxygen atoms in total. The quantitative estimate of drug-likeness (QED) is 0.190. The lowest BCUT2D eigenvalue weighted by atomic mass is 10.2. The van der Waals surface area contributed by atoms with E-state index in [1.165, 1.54) is 18.3 Å². The number of nitrogens with zero attached hydrogens (tertiary/aromatic N) is 1. The molecule has 0 saturated heterocycles. The molecule has 0 unspecified atom stereocenters. The first kappa shape index (κ1) is 24.1. The van der Waals surface area contributed by atoms with Gasteiger partial charge in [0.05, 0.1) is 30.6 Å². The summed E-state index contributed by atoms with van der Waals surface area (Å²) in [5.74, 6) is -0.519. The average Bonchev–Trinajstić information content (AvgIpc) is 2.81. The summed E-state index contributed by atoms with van der Waals surface area (Å²) >= 11 is 0. The summed E-state index contributed by atoms with van der Waals surface area (Å²) in [6.45, 7) is 4.54. The highest BCUT2D eigenvalue weighted by Gasteiger charge is 2.14. The Kier molecular flexibility index (Phi) is 8.07. The zero-order valence-corrected chi connectivity index (χ0v) is 18.6. The highest BCUT2D eigenvalue weighted by atomic mass is 16.6. The second-order valence-corrected chi connectivity index (χ2v) is 6.89. The number of esters is 1. The highest BCUT2D eigenvalue weighted by Crippen LogP contribution is 2.29. The van der Waals surface area contributed by atoms with Gasteiger partial charge < -0.3 is 24.4 Å². The van der Waals surface area contributed by atoms with Crippen molar-refractivity contribution in [3.63, 3.8) is 0 Å². The molecule has 0 bridgehead atoms. The van der Waals surface area contributed by atoms with Crippen molar-refractivity contribution in [3.8, 4) is 28.7 Å². The number of nitrogens with one attached hydrogen (secondary N) is 1. The fourth-order valence-corrected chi connectivity index (χ4v) is 2.91. The number of hydrogen-bond donors (Lipinski definition) is 3. The van der Waals surface area contributed by atoms with Gasteiger partial charge in [0.25, 0.3) is 5.91 Å². The normalized spacial score (nSPS) is 10.6. The van der Waals surface area contributed by atoms with Gasteiger partial charge in [0.2, 0.25) is 0 Å². The smallest absolute Gasteiger partial charge is 0.343 e. The number of phenols is 2. The molecule has 0 saturated carbocycles. The minimum atomic E-state index is -0.653. The molecule has 0 radical (unpaired) electrons. The molecule has 0 heterocycles. The van der Waals surface area contributed by atoms with Crippen molar-refractivity contribution in [2.75, 3.05) is 13.2 Å². The highest BCUT2D eigenvalue weighted by molar-refractivity contribution is 5.97. The third-order valence-corrected chi connectivity index (χ3v) is 4.48. The summed E-state index contributed by atoms with van der Waals surface area (Å²) in [5.41, 5.74) is 3.18. The number of carbonyl (C=O) groups is 2. The molecular formula is C25H24N2O7. The van der Waals surface area contributed by atoms with Crippen LogP contribution < -0.4 is 19.6 Å². The Morgan fingerprint density at radius 2 is 1.65 bits per heavy atom. The van der Waals surface area contributed by atoms with Gasteiger partial charge in [0.15, 0.2) is 11.5 Å². The minimum Gasteiger partial charge on any atom is -0.508 e. The minimum absolute atomic E-state index is 0.0403. The van der Waals surface area contributed by atoms with E-state index >= 15 is 0 Å². The van der Waals surface area contributed by atoms with Crippen LogP contribution in [0.1, 0.15) is 40.1 Å². The van der Waals surface area contributed by atoms with Crippen LogP contribution in [-0.4, -0.2) is 41.5 Å². The third-order valence-electron chi connectivity index (χ3n) is 4.48. The van der Waals surface area contributed by atoms with Crippen molar-refractivity contribution in [1.82, 2.24) is 5.43 Å². The van der Waals surface area contributed by atoms with E-state index in [0.717, 1.165) is 6.07 Å². The van der Waals surface area contributed by atoms with Crippen LogP contribution in [0.4, 0.5) is 0 Å². The zero-order chi connectivity index (χ0) is 24.5. The maximum absolute atomic E-state index is 12.5. The number of ether oxygens (including phenoxy) is 3. The standard InChI is InChI=1S/C25H24N2O7/c1-3-32-19-9-6-17(7-10-19)25(31)34-22-12-5-16(13-23(22)33-4-2)15-26-27-24(30)20-11-8-18(28)14-21(20)29/h5-15,28-29H,3-4H2,1-2H3,(H,27,30)/b26-15-. The Balaban J connectivity index is 1.69. The molecule has 3 N–H and O–H groups in total. The lowest BCUT2D eigenvalue weighted by Gasteiger charge is -2.11. The molecule has 3 aromatic carbocycles. The molecular weight excluding hydrogens is 440 g/mol. The average molecular weight is 464 g/mol. The number of amides is 1. The fourth-order valence-electron chi connectivity index (χ4n) is 2.91. The molecule has 0 aromatic heterocycles. The number of benzene rings is 3. The number of rotatable bonds is 9. The summed E-state index contributed by atoms with van der Waals surface area (Å²) < 4.78 is 16.5. The Hall–Kier alpha value is -4.53. The third kappa shape index (κ3) is 6.26. The second-order valence-electron chi connectivity index (χ2n) is 6.89. The van der Waals surface area contributed by atoms with Crippen LogP contribution in [0.3, 0.4) is 0 Å². The molecule has 3 rings (SSSR count). The van der Waals surface area contributed by atoms with E-state index < -0.39 is 11.9 Å². The molecule has 0 atom stereocenters. The van der Waals surface area contributed by atoms with Crippen molar-refractivity contribution in [2.24, 2.45) is 5.10 Å².